The van der Waals surface area contributed by atoms with E-state index < -0.39 is 0 Å². The molecule has 0 radical (unpaired) electrons. The fourth-order valence-corrected chi connectivity index (χ4v) is 3.72. The molecule has 1 heterocycles. The molecule has 3 aromatic rings. The second-order valence-electron chi connectivity index (χ2n) is 7.16. The molecule has 0 aliphatic heterocycles. The Morgan fingerprint density at radius 1 is 1.10 bits per heavy atom. The first kappa shape index (κ1) is 19.4. The zero-order chi connectivity index (χ0) is 20.4. The van der Waals surface area contributed by atoms with Gasteiger partial charge in [-0.15, -0.1) is 5.10 Å². The lowest BCUT2D eigenvalue weighted by molar-refractivity contribution is -0.115. The first-order valence-corrected chi connectivity index (χ1v) is 10.5. The molecule has 1 unspecified atom stereocenters. The van der Waals surface area contributed by atoms with Crippen molar-refractivity contribution in [3.8, 4) is 5.69 Å². The van der Waals surface area contributed by atoms with Crippen molar-refractivity contribution in [3.63, 3.8) is 0 Å². The predicted octanol–water partition coefficient (Wildman–Crippen LogP) is 4.47. The van der Waals surface area contributed by atoms with Gasteiger partial charge in [0.1, 0.15) is 5.82 Å². The molecule has 1 saturated carbocycles. The van der Waals surface area contributed by atoms with Gasteiger partial charge in [0.25, 0.3) is 0 Å². The minimum atomic E-state index is -0.360. The van der Waals surface area contributed by atoms with E-state index in [0.29, 0.717) is 22.3 Å². The van der Waals surface area contributed by atoms with Crippen LogP contribution in [0.2, 0.25) is 0 Å². The van der Waals surface area contributed by atoms with Crippen LogP contribution < -0.4 is 5.32 Å². The summed E-state index contributed by atoms with van der Waals surface area (Å²) in [5.74, 6) is 1.28. The van der Waals surface area contributed by atoms with E-state index in [-0.39, 0.29) is 16.9 Å². The first-order chi connectivity index (χ1) is 14.0. The topological polar surface area (TPSA) is 76.9 Å². The Morgan fingerprint density at radius 3 is 2.41 bits per heavy atom. The van der Waals surface area contributed by atoms with E-state index >= 15 is 0 Å². The van der Waals surface area contributed by atoms with Crippen LogP contribution in [-0.4, -0.2) is 31.7 Å². The highest BCUT2D eigenvalue weighted by atomic mass is 32.2. The molecular formula is C22H22N4O2S. The van der Waals surface area contributed by atoms with Gasteiger partial charge in [-0.05, 0) is 63.1 Å². The standard InChI is InChI=1S/C22H22N4O2S/c1-14(27)16-10-12-18(13-11-16)23-21(28)15(2)29-22-24-20(17-8-9-17)26(25-22)19-6-4-3-5-7-19/h3-7,10-13,15,17H,8-9H2,1-2H3,(H,23,28). The van der Waals surface area contributed by atoms with Gasteiger partial charge in [0.2, 0.25) is 11.1 Å². The van der Waals surface area contributed by atoms with Crippen LogP contribution in [0.1, 0.15) is 48.8 Å². The van der Waals surface area contributed by atoms with Crippen LogP contribution in [0, 0.1) is 0 Å². The highest BCUT2D eigenvalue weighted by Crippen LogP contribution is 2.40. The maximum Gasteiger partial charge on any atom is 0.237 e. The summed E-state index contributed by atoms with van der Waals surface area (Å²) in [5, 5.41) is 7.78. The van der Waals surface area contributed by atoms with Crippen molar-refractivity contribution in [2.24, 2.45) is 0 Å². The smallest absolute Gasteiger partial charge is 0.237 e. The number of Topliss-reactive ketones (excluding diaryl/α,β-unsaturated/α-hetero) is 1. The normalized spacial score (nSPS) is 14.4. The maximum atomic E-state index is 12.6. The zero-order valence-electron chi connectivity index (χ0n) is 16.3. The van der Waals surface area contributed by atoms with Crippen molar-refractivity contribution in [1.82, 2.24) is 14.8 Å². The highest BCUT2D eigenvalue weighted by Gasteiger charge is 2.31. The largest absolute Gasteiger partial charge is 0.325 e. The molecule has 0 saturated heterocycles. The summed E-state index contributed by atoms with van der Waals surface area (Å²) in [4.78, 5) is 28.7. The third-order valence-electron chi connectivity index (χ3n) is 4.77. The summed E-state index contributed by atoms with van der Waals surface area (Å²) in [5.41, 5.74) is 2.26. The average Bonchev–Trinajstić information content (AvgIpc) is 3.49. The lowest BCUT2D eigenvalue weighted by Crippen LogP contribution is -2.22. The minimum Gasteiger partial charge on any atom is -0.325 e. The fourth-order valence-electron chi connectivity index (χ4n) is 2.96. The molecule has 7 heteroatoms. The summed E-state index contributed by atoms with van der Waals surface area (Å²) < 4.78 is 1.89. The van der Waals surface area contributed by atoms with Crippen LogP contribution in [0.4, 0.5) is 5.69 Å². The number of aromatic nitrogens is 3. The summed E-state index contributed by atoms with van der Waals surface area (Å²) in [7, 11) is 0. The average molecular weight is 407 g/mol. The quantitative estimate of drug-likeness (QED) is 0.463. The Balaban J connectivity index is 1.46. The second kappa shape index (κ2) is 8.21. The summed E-state index contributed by atoms with van der Waals surface area (Å²) in [6.45, 7) is 3.35. The third-order valence-corrected chi connectivity index (χ3v) is 5.72. The Bertz CT molecular complexity index is 1030. The van der Waals surface area contributed by atoms with Gasteiger partial charge in [-0.25, -0.2) is 9.67 Å². The zero-order valence-corrected chi connectivity index (χ0v) is 17.1. The van der Waals surface area contributed by atoms with E-state index in [9.17, 15) is 9.59 Å². The number of para-hydroxylation sites is 1. The molecule has 1 fully saturated rings. The van der Waals surface area contributed by atoms with Crippen molar-refractivity contribution >= 4 is 29.1 Å². The van der Waals surface area contributed by atoms with E-state index in [1.165, 1.54) is 18.7 Å². The molecule has 4 rings (SSSR count). The number of ketones is 1. The molecule has 6 nitrogen and oxygen atoms in total. The number of anilines is 1. The SMILES string of the molecule is CC(=O)c1ccc(NC(=O)C(C)Sc2nc(C3CC3)n(-c3ccccc3)n2)cc1. The van der Waals surface area contributed by atoms with E-state index in [1.54, 1.807) is 24.3 Å². The molecule has 0 bridgehead atoms. The number of nitrogens with one attached hydrogen (secondary N) is 1. The molecule has 1 atom stereocenters. The number of benzene rings is 2. The Hall–Kier alpha value is -2.93. The summed E-state index contributed by atoms with van der Waals surface area (Å²) in [6, 6.07) is 16.8. The molecular weight excluding hydrogens is 384 g/mol. The van der Waals surface area contributed by atoms with Crippen molar-refractivity contribution < 1.29 is 9.59 Å². The number of hydrogen-bond acceptors (Lipinski definition) is 5. The lowest BCUT2D eigenvalue weighted by atomic mass is 10.1. The van der Waals surface area contributed by atoms with Gasteiger partial charge >= 0.3 is 0 Å². The first-order valence-electron chi connectivity index (χ1n) is 9.62. The molecule has 1 aliphatic rings. The number of carbonyl (C=O) groups excluding carboxylic acids is 2. The molecule has 1 aromatic heterocycles. The number of carbonyl (C=O) groups is 2. The number of rotatable bonds is 7. The Labute approximate surface area is 173 Å². The van der Waals surface area contributed by atoms with E-state index in [0.717, 1.165) is 24.4 Å². The van der Waals surface area contributed by atoms with Crippen molar-refractivity contribution in [2.75, 3.05) is 5.32 Å². The Kier molecular flexibility index (Phi) is 5.49. The fraction of sp³-hybridized carbons (Fsp3) is 0.273. The molecule has 1 amide bonds. The van der Waals surface area contributed by atoms with Gasteiger partial charge in [-0.3, -0.25) is 9.59 Å². The van der Waals surface area contributed by atoms with Crippen molar-refractivity contribution in [1.29, 1.82) is 0 Å². The van der Waals surface area contributed by atoms with E-state index in [4.69, 9.17) is 4.98 Å². The van der Waals surface area contributed by atoms with Crippen LogP contribution in [0.25, 0.3) is 5.69 Å². The molecule has 0 spiro atoms. The van der Waals surface area contributed by atoms with Gasteiger partial charge in [0, 0.05) is 17.2 Å². The molecule has 1 N–H and O–H groups in total. The summed E-state index contributed by atoms with van der Waals surface area (Å²) in [6.07, 6.45) is 2.25. The third kappa shape index (κ3) is 4.56. The number of hydrogen-bond donors (Lipinski definition) is 1. The van der Waals surface area contributed by atoms with Gasteiger partial charge in [-0.1, -0.05) is 30.0 Å². The number of amides is 1. The van der Waals surface area contributed by atoms with Crippen LogP contribution in [-0.2, 0) is 4.79 Å². The molecule has 1 aliphatic carbocycles. The van der Waals surface area contributed by atoms with Gasteiger partial charge in [0.05, 0.1) is 10.9 Å². The number of thioether (sulfide) groups is 1. The van der Waals surface area contributed by atoms with Crippen molar-refractivity contribution in [3.05, 3.63) is 66.0 Å². The van der Waals surface area contributed by atoms with Gasteiger partial charge in [-0.2, -0.15) is 0 Å². The minimum absolute atomic E-state index is 0.00153. The van der Waals surface area contributed by atoms with Crippen LogP contribution in [0.5, 0.6) is 0 Å². The lowest BCUT2D eigenvalue weighted by Gasteiger charge is -2.10. The van der Waals surface area contributed by atoms with E-state index in [2.05, 4.69) is 10.4 Å². The Morgan fingerprint density at radius 2 is 1.79 bits per heavy atom. The molecule has 2 aromatic carbocycles. The molecule has 29 heavy (non-hydrogen) atoms. The second-order valence-corrected chi connectivity index (χ2v) is 8.47. The highest BCUT2D eigenvalue weighted by molar-refractivity contribution is 8.00. The maximum absolute atomic E-state index is 12.6. The van der Waals surface area contributed by atoms with Gasteiger partial charge < -0.3 is 5.32 Å². The van der Waals surface area contributed by atoms with Crippen molar-refractivity contribution in [2.45, 2.75) is 43.0 Å². The van der Waals surface area contributed by atoms with E-state index in [1.807, 2.05) is 41.9 Å². The predicted molar refractivity (Wildman–Crippen MR) is 114 cm³/mol. The van der Waals surface area contributed by atoms with Crippen LogP contribution in [0.15, 0.2) is 59.8 Å². The molecule has 148 valence electrons. The summed E-state index contributed by atoms with van der Waals surface area (Å²) >= 11 is 1.34. The van der Waals surface area contributed by atoms with Crippen LogP contribution in [0.3, 0.4) is 0 Å². The van der Waals surface area contributed by atoms with Crippen LogP contribution >= 0.6 is 11.8 Å². The number of nitrogens with zero attached hydrogens (tertiary/aromatic N) is 3. The van der Waals surface area contributed by atoms with Gasteiger partial charge in [0.15, 0.2) is 5.78 Å². The monoisotopic (exact) mass is 406 g/mol.